The van der Waals surface area contributed by atoms with Crippen molar-refractivity contribution in [1.29, 1.82) is 0 Å². The van der Waals surface area contributed by atoms with Crippen LogP contribution in [0.3, 0.4) is 0 Å². The first kappa shape index (κ1) is 16.8. The fourth-order valence-electron chi connectivity index (χ4n) is 3.82. The van der Waals surface area contributed by atoms with Crippen LogP contribution in [0.5, 0.6) is 0 Å². The molecule has 0 N–H and O–H groups in total. The smallest absolute Gasteiger partial charge is 0.264 e. The van der Waals surface area contributed by atoms with Gasteiger partial charge in [0.25, 0.3) is 5.91 Å². The fraction of sp³-hybridized carbons (Fsp3) is 0.579. The first-order valence-electron chi connectivity index (χ1n) is 9.19. The van der Waals surface area contributed by atoms with E-state index in [2.05, 4.69) is 27.4 Å². The van der Waals surface area contributed by atoms with E-state index < -0.39 is 0 Å². The quantitative estimate of drug-likeness (QED) is 0.847. The minimum Gasteiger partial charge on any atom is -0.337 e. The summed E-state index contributed by atoms with van der Waals surface area (Å²) in [4.78, 5) is 24.1. The SMILES string of the molecule is CC1CCc2sc(C(=O)N3CCN(Cc4nccn4C)CC3)cc2C1. The van der Waals surface area contributed by atoms with Crippen LogP contribution in [0.1, 0.15) is 39.3 Å². The van der Waals surface area contributed by atoms with Crippen LogP contribution in [0.25, 0.3) is 0 Å². The molecule has 0 saturated carbocycles. The second-order valence-corrected chi connectivity index (χ2v) is 8.57. The zero-order valence-corrected chi connectivity index (χ0v) is 15.9. The molecular formula is C19H26N4OS. The molecule has 3 heterocycles. The van der Waals surface area contributed by atoms with Gasteiger partial charge in [0.15, 0.2) is 0 Å². The number of fused-ring (bicyclic) bond motifs is 1. The molecule has 0 bridgehead atoms. The van der Waals surface area contributed by atoms with E-state index in [1.165, 1.54) is 16.9 Å². The van der Waals surface area contributed by atoms with Gasteiger partial charge in [-0.2, -0.15) is 0 Å². The largest absolute Gasteiger partial charge is 0.337 e. The van der Waals surface area contributed by atoms with Gasteiger partial charge in [-0.3, -0.25) is 9.69 Å². The van der Waals surface area contributed by atoms with Gasteiger partial charge in [-0.1, -0.05) is 6.92 Å². The number of hydrogen-bond acceptors (Lipinski definition) is 4. The lowest BCUT2D eigenvalue weighted by Gasteiger charge is -2.34. The van der Waals surface area contributed by atoms with Crippen LogP contribution in [-0.4, -0.2) is 51.4 Å². The van der Waals surface area contributed by atoms with E-state index in [1.807, 2.05) is 24.3 Å². The number of thiophene rings is 1. The lowest BCUT2D eigenvalue weighted by molar-refractivity contribution is 0.0629. The van der Waals surface area contributed by atoms with Crippen LogP contribution >= 0.6 is 11.3 Å². The van der Waals surface area contributed by atoms with Crippen LogP contribution in [0.15, 0.2) is 18.5 Å². The monoisotopic (exact) mass is 358 g/mol. The van der Waals surface area contributed by atoms with Crippen LogP contribution < -0.4 is 0 Å². The lowest BCUT2D eigenvalue weighted by Crippen LogP contribution is -2.48. The van der Waals surface area contributed by atoms with E-state index in [4.69, 9.17) is 0 Å². The highest BCUT2D eigenvalue weighted by atomic mass is 32.1. The number of carbonyl (C=O) groups is 1. The maximum Gasteiger partial charge on any atom is 0.264 e. The van der Waals surface area contributed by atoms with Crippen molar-refractivity contribution >= 4 is 17.2 Å². The minimum atomic E-state index is 0.226. The van der Waals surface area contributed by atoms with Gasteiger partial charge in [-0.15, -0.1) is 11.3 Å². The van der Waals surface area contributed by atoms with Gasteiger partial charge in [0.2, 0.25) is 0 Å². The number of amides is 1. The predicted octanol–water partition coefficient (Wildman–Crippen LogP) is 2.56. The van der Waals surface area contributed by atoms with Crippen molar-refractivity contribution in [3.05, 3.63) is 39.6 Å². The Balaban J connectivity index is 1.36. The highest BCUT2D eigenvalue weighted by Gasteiger charge is 2.26. The molecule has 1 atom stereocenters. The topological polar surface area (TPSA) is 41.4 Å². The molecular weight excluding hydrogens is 332 g/mol. The summed E-state index contributed by atoms with van der Waals surface area (Å²) in [6, 6.07) is 2.16. The van der Waals surface area contributed by atoms with E-state index in [9.17, 15) is 4.79 Å². The average Bonchev–Trinajstić information content (AvgIpc) is 3.21. The van der Waals surface area contributed by atoms with Crippen molar-refractivity contribution in [2.24, 2.45) is 13.0 Å². The Morgan fingerprint density at radius 1 is 1.32 bits per heavy atom. The van der Waals surface area contributed by atoms with Gasteiger partial charge < -0.3 is 9.47 Å². The minimum absolute atomic E-state index is 0.226. The number of aryl methyl sites for hydroxylation is 2. The molecule has 2 aliphatic rings. The second-order valence-electron chi connectivity index (χ2n) is 7.43. The lowest BCUT2D eigenvalue weighted by atomic mass is 9.90. The Morgan fingerprint density at radius 3 is 2.84 bits per heavy atom. The summed E-state index contributed by atoms with van der Waals surface area (Å²) in [6.07, 6.45) is 7.36. The normalized spacial score (nSPS) is 21.4. The number of aromatic nitrogens is 2. The molecule has 6 heteroatoms. The Labute approximate surface area is 153 Å². The van der Waals surface area contributed by atoms with E-state index in [0.717, 1.165) is 62.2 Å². The number of nitrogens with zero attached hydrogens (tertiary/aromatic N) is 4. The predicted molar refractivity (Wildman–Crippen MR) is 99.9 cm³/mol. The molecule has 1 aliphatic carbocycles. The van der Waals surface area contributed by atoms with Crippen molar-refractivity contribution < 1.29 is 4.79 Å². The first-order valence-corrected chi connectivity index (χ1v) is 10.0. The first-order chi connectivity index (χ1) is 12.1. The molecule has 0 spiro atoms. The summed E-state index contributed by atoms with van der Waals surface area (Å²) < 4.78 is 2.06. The summed E-state index contributed by atoms with van der Waals surface area (Å²) >= 11 is 1.73. The third-order valence-corrected chi connectivity index (χ3v) is 6.71. The van der Waals surface area contributed by atoms with Crippen molar-refractivity contribution in [2.45, 2.75) is 32.7 Å². The summed E-state index contributed by atoms with van der Waals surface area (Å²) in [5.74, 6) is 2.06. The van der Waals surface area contributed by atoms with E-state index in [0.29, 0.717) is 0 Å². The number of hydrogen-bond donors (Lipinski definition) is 0. The molecule has 25 heavy (non-hydrogen) atoms. The summed E-state index contributed by atoms with van der Waals surface area (Å²) in [5, 5.41) is 0. The molecule has 2 aromatic rings. The zero-order chi connectivity index (χ0) is 17.4. The van der Waals surface area contributed by atoms with Crippen LogP contribution in [0.2, 0.25) is 0 Å². The standard InChI is InChI=1S/C19H26N4OS/c1-14-3-4-16-15(11-14)12-17(25-16)19(24)23-9-7-22(8-10-23)13-18-20-5-6-21(18)2/h5-6,12,14H,3-4,7-11,13H2,1-2H3. The number of carbonyl (C=O) groups excluding carboxylic acids is 1. The molecule has 0 radical (unpaired) electrons. The average molecular weight is 359 g/mol. The Morgan fingerprint density at radius 2 is 2.12 bits per heavy atom. The van der Waals surface area contributed by atoms with Gasteiger partial charge >= 0.3 is 0 Å². The van der Waals surface area contributed by atoms with Gasteiger partial charge in [0.1, 0.15) is 5.82 Å². The Hall–Kier alpha value is -1.66. The van der Waals surface area contributed by atoms with Crippen molar-refractivity contribution in [2.75, 3.05) is 26.2 Å². The molecule has 134 valence electrons. The highest BCUT2D eigenvalue weighted by molar-refractivity contribution is 7.14. The zero-order valence-electron chi connectivity index (χ0n) is 15.1. The van der Waals surface area contributed by atoms with Gasteiger partial charge in [-0.05, 0) is 36.8 Å². The van der Waals surface area contributed by atoms with Crippen LogP contribution in [0, 0.1) is 5.92 Å². The molecule has 2 aromatic heterocycles. The van der Waals surface area contributed by atoms with Crippen molar-refractivity contribution in [1.82, 2.24) is 19.4 Å². The molecule has 1 unspecified atom stereocenters. The van der Waals surface area contributed by atoms with Gasteiger partial charge in [0, 0.05) is 50.5 Å². The maximum atomic E-state index is 12.9. The van der Waals surface area contributed by atoms with E-state index in [1.54, 1.807) is 11.3 Å². The summed E-state index contributed by atoms with van der Waals surface area (Å²) in [6.45, 7) is 6.62. The van der Waals surface area contributed by atoms with Gasteiger partial charge in [-0.25, -0.2) is 4.98 Å². The molecule has 1 aliphatic heterocycles. The fourth-order valence-corrected chi connectivity index (χ4v) is 5.00. The molecule has 1 amide bonds. The molecule has 1 fully saturated rings. The number of imidazole rings is 1. The highest BCUT2D eigenvalue weighted by Crippen LogP contribution is 2.32. The van der Waals surface area contributed by atoms with Crippen LogP contribution in [-0.2, 0) is 26.4 Å². The van der Waals surface area contributed by atoms with E-state index in [-0.39, 0.29) is 5.91 Å². The van der Waals surface area contributed by atoms with Crippen molar-refractivity contribution in [3.63, 3.8) is 0 Å². The van der Waals surface area contributed by atoms with Crippen LogP contribution in [0.4, 0.5) is 0 Å². The Kier molecular flexibility index (Phi) is 4.65. The number of rotatable bonds is 3. The number of piperazine rings is 1. The van der Waals surface area contributed by atoms with Gasteiger partial charge in [0.05, 0.1) is 11.4 Å². The molecule has 5 nitrogen and oxygen atoms in total. The second kappa shape index (κ2) is 6.92. The molecule has 1 saturated heterocycles. The van der Waals surface area contributed by atoms with Crippen molar-refractivity contribution in [3.8, 4) is 0 Å². The molecule has 0 aromatic carbocycles. The van der Waals surface area contributed by atoms with E-state index >= 15 is 0 Å². The summed E-state index contributed by atoms with van der Waals surface area (Å²) in [5.41, 5.74) is 1.42. The Bertz CT molecular complexity index is 757. The summed E-state index contributed by atoms with van der Waals surface area (Å²) in [7, 11) is 2.03. The maximum absolute atomic E-state index is 12.9. The third kappa shape index (κ3) is 3.51. The molecule has 4 rings (SSSR count). The third-order valence-electron chi connectivity index (χ3n) is 5.49.